The molecule has 0 unspecified atom stereocenters. The van der Waals surface area contributed by atoms with Crippen LogP contribution in [0.15, 0.2) is 29.2 Å². The Morgan fingerprint density at radius 3 is 2.76 bits per heavy atom. The minimum absolute atomic E-state index is 0. The second-order valence-corrected chi connectivity index (χ2v) is 6.40. The molecule has 2 aromatic heterocycles. The van der Waals surface area contributed by atoms with Crippen molar-refractivity contribution in [2.45, 2.75) is 32.2 Å². The highest BCUT2D eigenvalue weighted by Crippen LogP contribution is 2.20. The first-order chi connectivity index (χ1) is 11.7. The van der Waals surface area contributed by atoms with Crippen LogP contribution in [0.1, 0.15) is 25.7 Å². The number of piperidine rings is 1. The number of amides is 1. The molecule has 2 aromatic rings. The van der Waals surface area contributed by atoms with Crippen molar-refractivity contribution in [3.8, 4) is 0 Å². The Labute approximate surface area is 153 Å². The highest BCUT2D eigenvalue weighted by molar-refractivity contribution is 5.85. The number of carbonyl (C=O) groups excluding carboxylic acids is 1. The zero-order valence-corrected chi connectivity index (χ0v) is 15.4. The lowest BCUT2D eigenvalue weighted by atomic mass is 9.93. The van der Waals surface area contributed by atoms with Crippen LogP contribution >= 0.6 is 12.4 Å². The lowest BCUT2D eigenvalue weighted by Crippen LogP contribution is -2.39. The SMILES string of the molecule is CNCCC1CCN(C(=O)CCn2nc3ccccn3c2=O)CC1.Cl. The fourth-order valence-corrected chi connectivity index (χ4v) is 3.29. The Balaban J connectivity index is 0.00000225. The Hall–Kier alpha value is -1.86. The van der Waals surface area contributed by atoms with Gasteiger partial charge in [-0.1, -0.05) is 6.07 Å². The molecule has 0 aliphatic carbocycles. The molecule has 3 heterocycles. The Bertz CT molecular complexity index is 749. The fourth-order valence-electron chi connectivity index (χ4n) is 3.29. The van der Waals surface area contributed by atoms with Gasteiger partial charge in [-0.25, -0.2) is 9.48 Å². The quantitative estimate of drug-likeness (QED) is 0.831. The molecule has 7 nitrogen and oxygen atoms in total. The number of aromatic nitrogens is 3. The van der Waals surface area contributed by atoms with Crippen LogP contribution in [-0.2, 0) is 11.3 Å². The summed E-state index contributed by atoms with van der Waals surface area (Å²) in [7, 11) is 1.97. The molecule has 0 bridgehead atoms. The Kier molecular flexibility index (Phi) is 7.01. The lowest BCUT2D eigenvalue weighted by molar-refractivity contribution is -0.132. The normalized spacial score (nSPS) is 15.3. The zero-order chi connectivity index (χ0) is 16.9. The second kappa shape index (κ2) is 9.01. The maximum atomic E-state index is 12.4. The highest BCUT2D eigenvalue weighted by atomic mass is 35.5. The van der Waals surface area contributed by atoms with E-state index in [2.05, 4.69) is 10.4 Å². The van der Waals surface area contributed by atoms with Crippen LogP contribution in [0, 0.1) is 5.92 Å². The van der Waals surface area contributed by atoms with Crippen molar-refractivity contribution in [2.75, 3.05) is 26.7 Å². The van der Waals surface area contributed by atoms with Gasteiger partial charge in [0.1, 0.15) is 0 Å². The molecule has 0 saturated carbocycles. The van der Waals surface area contributed by atoms with Crippen molar-refractivity contribution in [3.05, 3.63) is 34.9 Å². The van der Waals surface area contributed by atoms with Crippen molar-refractivity contribution in [1.29, 1.82) is 0 Å². The third-order valence-electron chi connectivity index (χ3n) is 4.80. The molecule has 0 atom stereocenters. The van der Waals surface area contributed by atoms with Crippen molar-refractivity contribution >= 4 is 24.0 Å². The van der Waals surface area contributed by atoms with Crippen molar-refractivity contribution in [3.63, 3.8) is 0 Å². The van der Waals surface area contributed by atoms with E-state index in [0.717, 1.165) is 32.5 Å². The van der Waals surface area contributed by atoms with Gasteiger partial charge in [0.15, 0.2) is 5.65 Å². The molecule has 1 N–H and O–H groups in total. The molecule has 25 heavy (non-hydrogen) atoms. The predicted molar refractivity (Wildman–Crippen MR) is 99.2 cm³/mol. The minimum atomic E-state index is -0.191. The smallest absolute Gasteiger partial charge is 0.343 e. The van der Waals surface area contributed by atoms with Gasteiger partial charge in [-0.3, -0.25) is 9.20 Å². The molecule has 1 saturated heterocycles. The summed E-state index contributed by atoms with van der Waals surface area (Å²) in [5.41, 5.74) is 0.421. The number of pyridine rings is 1. The molecule has 1 amide bonds. The largest absolute Gasteiger partial charge is 0.350 e. The van der Waals surface area contributed by atoms with Gasteiger partial charge in [-0.05, 0) is 50.9 Å². The first kappa shape index (κ1) is 19.5. The van der Waals surface area contributed by atoms with Crippen LogP contribution in [0.4, 0.5) is 0 Å². The summed E-state index contributed by atoms with van der Waals surface area (Å²) >= 11 is 0. The van der Waals surface area contributed by atoms with E-state index in [4.69, 9.17) is 0 Å². The fraction of sp³-hybridized carbons (Fsp3) is 0.588. The van der Waals surface area contributed by atoms with Crippen molar-refractivity contribution in [2.24, 2.45) is 5.92 Å². The molecule has 8 heteroatoms. The van der Waals surface area contributed by atoms with E-state index in [1.54, 1.807) is 18.3 Å². The third kappa shape index (κ3) is 4.61. The summed E-state index contributed by atoms with van der Waals surface area (Å²) in [6.07, 6.45) is 5.34. The molecule has 3 rings (SSSR count). The predicted octanol–water partition coefficient (Wildman–Crippen LogP) is 1.16. The number of hydrogen-bond donors (Lipinski definition) is 1. The van der Waals surface area contributed by atoms with Crippen LogP contribution in [0.2, 0.25) is 0 Å². The summed E-state index contributed by atoms with van der Waals surface area (Å²) in [5, 5.41) is 7.45. The number of nitrogens with zero attached hydrogens (tertiary/aromatic N) is 4. The van der Waals surface area contributed by atoms with E-state index < -0.39 is 0 Å². The maximum absolute atomic E-state index is 12.4. The molecular formula is C17H26ClN5O2. The average Bonchev–Trinajstić information content (AvgIpc) is 2.94. The molecular weight excluding hydrogens is 342 g/mol. The Morgan fingerprint density at radius 2 is 2.08 bits per heavy atom. The number of nitrogens with one attached hydrogen (secondary N) is 1. The third-order valence-corrected chi connectivity index (χ3v) is 4.80. The van der Waals surface area contributed by atoms with E-state index in [-0.39, 0.29) is 24.0 Å². The van der Waals surface area contributed by atoms with Crippen LogP contribution in [0.25, 0.3) is 5.65 Å². The van der Waals surface area contributed by atoms with E-state index in [9.17, 15) is 9.59 Å². The number of likely N-dealkylation sites (tertiary alicyclic amines) is 1. The number of fused-ring (bicyclic) bond motifs is 1. The van der Waals surface area contributed by atoms with Crippen LogP contribution in [0.5, 0.6) is 0 Å². The lowest BCUT2D eigenvalue weighted by Gasteiger charge is -2.32. The molecule has 1 aliphatic rings. The van der Waals surface area contributed by atoms with Gasteiger partial charge in [-0.2, -0.15) is 0 Å². The number of aryl methyl sites for hydroxylation is 1. The van der Waals surface area contributed by atoms with Crippen LogP contribution < -0.4 is 11.0 Å². The van der Waals surface area contributed by atoms with Gasteiger partial charge < -0.3 is 10.2 Å². The summed E-state index contributed by atoms with van der Waals surface area (Å²) in [6.45, 7) is 3.02. The standard InChI is InChI=1S/C17H25N5O2.ClH/c1-18-9-5-14-6-11-20(12-7-14)16(23)8-13-22-17(24)21-10-3-2-4-15(21)19-22;/h2-4,10,14,18H,5-9,11-13H2,1H3;1H. The minimum Gasteiger partial charge on any atom is -0.343 e. The summed E-state index contributed by atoms with van der Waals surface area (Å²) < 4.78 is 2.88. The molecule has 1 fully saturated rings. The van der Waals surface area contributed by atoms with Crippen molar-refractivity contribution in [1.82, 2.24) is 24.4 Å². The molecule has 0 radical (unpaired) electrons. The zero-order valence-electron chi connectivity index (χ0n) is 14.6. The molecule has 1 aliphatic heterocycles. The first-order valence-electron chi connectivity index (χ1n) is 8.65. The van der Waals surface area contributed by atoms with Gasteiger partial charge in [0.05, 0.1) is 6.54 Å². The highest BCUT2D eigenvalue weighted by Gasteiger charge is 2.22. The molecule has 138 valence electrons. The number of rotatable bonds is 6. The van der Waals surface area contributed by atoms with E-state index >= 15 is 0 Å². The van der Waals surface area contributed by atoms with E-state index in [1.807, 2.05) is 18.0 Å². The van der Waals surface area contributed by atoms with E-state index in [0.29, 0.717) is 24.5 Å². The van der Waals surface area contributed by atoms with Gasteiger partial charge in [-0.15, -0.1) is 17.5 Å². The number of carbonyl (C=O) groups is 1. The molecule has 0 aromatic carbocycles. The van der Waals surface area contributed by atoms with Crippen LogP contribution in [-0.4, -0.2) is 51.7 Å². The van der Waals surface area contributed by atoms with E-state index in [1.165, 1.54) is 15.5 Å². The monoisotopic (exact) mass is 367 g/mol. The second-order valence-electron chi connectivity index (χ2n) is 6.40. The summed E-state index contributed by atoms with van der Waals surface area (Å²) in [4.78, 5) is 26.5. The molecule has 0 spiro atoms. The number of halogens is 1. The van der Waals surface area contributed by atoms with Gasteiger partial charge >= 0.3 is 5.69 Å². The van der Waals surface area contributed by atoms with Gasteiger partial charge in [0.25, 0.3) is 0 Å². The average molecular weight is 368 g/mol. The first-order valence-corrected chi connectivity index (χ1v) is 8.65. The van der Waals surface area contributed by atoms with Crippen LogP contribution in [0.3, 0.4) is 0 Å². The van der Waals surface area contributed by atoms with Gasteiger partial charge in [0.2, 0.25) is 5.91 Å². The topological polar surface area (TPSA) is 71.6 Å². The summed E-state index contributed by atoms with van der Waals surface area (Å²) in [5.74, 6) is 0.827. The number of hydrogen-bond acceptors (Lipinski definition) is 4. The maximum Gasteiger partial charge on any atom is 0.350 e. The summed E-state index contributed by atoms with van der Waals surface area (Å²) in [6, 6.07) is 5.43. The van der Waals surface area contributed by atoms with Crippen molar-refractivity contribution < 1.29 is 4.79 Å². The Morgan fingerprint density at radius 1 is 1.32 bits per heavy atom. The van der Waals surface area contributed by atoms with Gasteiger partial charge in [0, 0.05) is 25.7 Å².